The Labute approximate surface area is 118 Å². The van der Waals surface area contributed by atoms with Crippen molar-refractivity contribution in [3.05, 3.63) is 44.5 Å². The van der Waals surface area contributed by atoms with Crippen LogP contribution in [0.5, 0.6) is 0 Å². The molecular weight excluding hydrogens is 278 g/mol. The maximum absolute atomic E-state index is 11.9. The Hall–Kier alpha value is -2.90. The summed E-state index contributed by atoms with van der Waals surface area (Å²) in [6.45, 7) is 1.56. The quantitative estimate of drug-likeness (QED) is 0.657. The molecular formula is C13H13N3O5. The Morgan fingerprint density at radius 1 is 1.33 bits per heavy atom. The second-order valence-corrected chi connectivity index (χ2v) is 4.43. The monoisotopic (exact) mass is 291 g/mol. The lowest BCUT2D eigenvalue weighted by Gasteiger charge is -2.10. The Kier molecular flexibility index (Phi) is 3.88. The van der Waals surface area contributed by atoms with Crippen LogP contribution in [-0.2, 0) is 11.3 Å². The Balaban J connectivity index is 2.58. The van der Waals surface area contributed by atoms with E-state index in [1.54, 1.807) is 0 Å². The highest BCUT2D eigenvalue weighted by Crippen LogP contribution is 2.11. The molecule has 110 valence electrons. The van der Waals surface area contributed by atoms with E-state index in [0.717, 1.165) is 4.57 Å². The summed E-state index contributed by atoms with van der Waals surface area (Å²) in [5.74, 6) is -1.40. The van der Waals surface area contributed by atoms with Crippen LogP contribution in [0.2, 0.25) is 0 Å². The molecule has 0 spiro atoms. The topological polar surface area (TPSA) is 121 Å². The summed E-state index contributed by atoms with van der Waals surface area (Å²) in [5, 5.41) is 11.5. The van der Waals surface area contributed by atoms with Crippen molar-refractivity contribution in [3.8, 4) is 0 Å². The van der Waals surface area contributed by atoms with Gasteiger partial charge in [0.05, 0.1) is 16.6 Å². The second-order valence-electron chi connectivity index (χ2n) is 4.43. The highest BCUT2D eigenvalue weighted by atomic mass is 16.4. The van der Waals surface area contributed by atoms with Crippen LogP contribution in [0.4, 0.5) is 0 Å². The van der Waals surface area contributed by atoms with Crippen molar-refractivity contribution in [2.75, 3.05) is 6.54 Å². The number of benzene rings is 1. The fourth-order valence-corrected chi connectivity index (χ4v) is 1.97. The fourth-order valence-electron chi connectivity index (χ4n) is 1.97. The molecule has 0 fully saturated rings. The molecule has 1 amide bonds. The number of nitrogens with one attached hydrogen (secondary N) is 2. The molecule has 3 N–H and O–H groups in total. The zero-order chi connectivity index (χ0) is 15.6. The molecule has 0 unspecified atom stereocenters. The summed E-state index contributed by atoms with van der Waals surface area (Å²) in [4.78, 5) is 47.7. The normalized spacial score (nSPS) is 10.5. The molecule has 0 saturated heterocycles. The van der Waals surface area contributed by atoms with Gasteiger partial charge in [-0.15, -0.1) is 0 Å². The largest absolute Gasteiger partial charge is 0.478 e. The molecule has 1 heterocycles. The average Bonchev–Trinajstić information content (AvgIpc) is 2.42. The maximum atomic E-state index is 11.9. The lowest BCUT2D eigenvalue weighted by Crippen LogP contribution is -2.38. The van der Waals surface area contributed by atoms with Crippen LogP contribution in [0.25, 0.3) is 11.0 Å². The van der Waals surface area contributed by atoms with Crippen LogP contribution >= 0.6 is 0 Å². The highest BCUT2D eigenvalue weighted by Gasteiger charge is 2.10. The van der Waals surface area contributed by atoms with Gasteiger partial charge in [-0.3, -0.25) is 14.4 Å². The predicted molar refractivity (Wildman–Crippen MR) is 74.5 cm³/mol. The molecule has 2 aromatic rings. The van der Waals surface area contributed by atoms with Crippen molar-refractivity contribution >= 4 is 22.9 Å². The molecule has 21 heavy (non-hydrogen) atoms. The van der Waals surface area contributed by atoms with E-state index in [2.05, 4.69) is 10.3 Å². The molecule has 2 rings (SSSR count). The first-order valence-corrected chi connectivity index (χ1v) is 6.15. The number of fused-ring (bicyclic) bond motifs is 1. The number of H-pyrrole nitrogens is 1. The number of aromatic nitrogens is 2. The number of amides is 1. The van der Waals surface area contributed by atoms with Gasteiger partial charge in [0.15, 0.2) is 0 Å². The van der Waals surface area contributed by atoms with Gasteiger partial charge in [-0.1, -0.05) is 0 Å². The van der Waals surface area contributed by atoms with Crippen molar-refractivity contribution in [2.45, 2.75) is 13.5 Å². The lowest BCUT2D eigenvalue weighted by atomic mass is 10.2. The molecule has 1 aromatic carbocycles. The standard InChI is InChI=1S/C13H13N3O5/c1-7(17)14-4-5-16-10-6-8(13(20)21)2-3-9(10)15-11(18)12(16)19/h2-3,6H,4-5H2,1H3,(H,14,17)(H,15,18)(H,20,21). The zero-order valence-corrected chi connectivity index (χ0v) is 11.2. The van der Waals surface area contributed by atoms with E-state index in [4.69, 9.17) is 5.11 Å². The number of rotatable bonds is 4. The lowest BCUT2D eigenvalue weighted by molar-refractivity contribution is -0.118. The van der Waals surface area contributed by atoms with Crippen molar-refractivity contribution < 1.29 is 14.7 Å². The SMILES string of the molecule is CC(=O)NCCn1c(=O)c(=O)[nH]c2ccc(C(=O)O)cc21. The zero-order valence-electron chi connectivity index (χ0n) is 11.2. The minimum Gasteiger partial charge on any atom is -0.478 e. The van der Waals surface area contributed by atoms with Crippen LogP contribution in [0.1, 0.15) is 17.3 Å². The average molecular weight is 291 g/mol. The Bertz CT molecular complexity index is 834. The Morgan fingerprint density at radius 2 is 2.05 bits per heavy atom. The fraction of sp³-hybridized carbons (Fsp3) is 0.231. The highest BCUT2D eigenvalue weighted by molar-refractivity contribution is 5.92. The molecule has 0 atom stereocenters. The maximum Gasteiger partial charge on any atom is 0.335 e. The molecule has 0 radical (unpaired) electrons. The van der Waals surface area contributed by atoms with Crippen molar-refractivity contribution in [1.82, 2.24) is 14.9 Å². The third-order valence-corrected chi connectivity index (χ3v) is 2.93. The third-order valence-electron chi connectivity index (χ3n) is 2.93. The van der Waals surface area contributed by atoms with Gasteiger partial charge in [0.2, 0.25) is 5.91 Å². The molecule has 0 saturated carbocycles. The van der Waals surface area contributed by atoms with Gasteiger partial charge in [-0.25, -0.2) is 4.79 Å². The molecule has 1 aromatic heterocycles. The minimum absolute atomic E-state index is 0.00206. The smallest absolute Gasteiger partial charge is 0.335 e. The minimum atomic E-state index is -1.14. The van der Waals surface area contributed by atoms with Crippen LogP contribution in [0.15, 0.2) is 27.8 Å². The van der Waals surface area contributed by atoms with E-state index in [1.807, 2.05) is 0 Å². The van der Waals surface area contributed by atoms with E-state index < -0.39 is 17.1 Å². The molecule has 0 aliphatic carbocycles. The van der Waals surface area contributed by atoms with E-state index >= 15 is 0 Å². The first kappa shape index (κ1) is 14.5. The first-order valence-electron chi connectivity index (χ1n) is 6.15. The molecule has 0 aliphatic heterocycles. The van der Waals surface area contributed by atoms with E-state index in [9.17, 15) is 19.2 Å². The number of carboxylic acids is 1. The van der Waals surface area contributed by atoms with E-state index in [0.29, 0.717) is 11.0 Å². The summed E-state index contributed by atoms with van der Waals surface area (Å²) in [7, 11) is 0. The third kappa shape index (κ3) is 2.99. The van der Waals surface area contributed by atoms with Gasteiger partial charge < -0.3 is 20.0 Å². The number of carbonyl (C=O) groups excluding carboxylic acids is 1. The van der Waals surface area contributed by atoms with Crippen molar-refractivity contribution in [3.63, 3.8) is 0 Å². The van der Waals surface area contributed by atoms with Crippen molar-refractivity contribution in [2.24, 2.45) is 0 Å². The number of nitrogens with zero attached hydrogens (tertiary/aromatic N) is 1. The summed E-state index contributed by atoms with van der Waals surface area (Å²) in [6.07, 6.45) is 0. The number of carbonyl (C=O) groups is 2. The summed E-state index contributed by atoms with van der Waals surface area (Å²) >= 11 is 0. The van der Waals surface area contributed by atoms with E-state index in [1.165, 1.54) is 25.1 Å². The predicted octanol–water partition coefficient (Wildman–Crippen LogP) is -0.476. The van der Waals surface area contributed by atoms with Gasteiger partial charge in [-0.2, -0.15) is 0 Å². The van der Waals surface area contributed by atoms with Gasteiger partial charge in [0, 0.05) is 20.0 Å². The Morgan fingerprint density at radius 3 is 2.67 bits per heavy atom. The molecule has 8 heteroatoms. The van der Waals surface area contributed by atoms with E-state index in [-0.39, 0.29) is 24.6 Å². The number of aromatic carboxylic acids is 1. The number of carboxylic acid groups (broad SMARTS) is 1. The summed E-state index contributed by atoms with van der Waals surface area (Å²) in [6, 6.07) is 4.07. The molecule has 0 bridgehead atoms. The molecule has 8 nitrogen and oxygen atoms in total. The first-order chi connectivity index (χ1) is 9.90. The van der Waals surface area contributed by atoms with Crippen molar-refractivity contribution in [1.29, 1.82) is 0 Å². The van der Waals surface area contributed by atoms with Crippen LogP contribution in [-0.4, -0.2) is 33.1 Å². The summed E-state index contributed by atoms with van der Waals surface area (Å²) in [5.41, 5.74) is -0.941. The van der Waals surface area contributed by atoms with Crippen LogP contribution in [0.3, 0.4) is 0 Å². The van der Waals surface area contributed by atoms with Gasteiger partial charge >= 0.3 is 17.1 Å². The second kappa shape index (κ2) is 5.61. The number of hydrogen-bond acceptors (Lipinski definition) is 4. The van der Waals surface area contributed by atoms with Crippen LogP contribution < -0.4 is 16.4 Å². The molecule has 0 aliphatic rings. The van der Waals surface area contributed by atoms with Gasteiger partial charge in [-0.05, 0) is 18.2 Å². The number of aromatic amines is 1. The number of hydrogen-bond donors (Lipinski definition) is 3. The summed E-state index contributed by atoms with van der Waals surface area (Å²) < 4.78 is 1.15. The van der Waals surface area contributed by atoms with Gasteiger partial charge in [0.1, 0.15) is 0 Å². The van der Waals surface area contributed by atoms with Crippen LogP contribution in [0, 0.1) is 0 Å². The van der Waals surface area contributed by atoms with Gasteiger partial charge in [0.25, 0.3) is 0 Å².